The van der Waals surface area contributed by atoms with Crippen LogP contribution in [-0.4, -0.2) is 135 Å². The zero-order chi connectivity index (χ0) is 40.2. The van der Waals surface area contributed by atoms with Crippen molar-refractivity contribution in [3.8, 4) is 0 Å². The van der Waals surface area contributed by atoms with Gasteiger partial charge in [-0.3, -0.25) is 32.5 Å². The minimum absolute atomic E-state index is 0.0294. The summed E-state index contributed by atoms with van der Waals surface area (Å²) < 4.78 is 67.0. The molecule has 0 radical (unpaired) electrons. The molecule has 5 unspecified atom stereocenters. The minimum Gasteiger partial charge on any atom is -0.386 e. The molecule has 0 spiro atoms. The van der Waals surface area contributed by atoms with E-state index in [2.05, 4.69) is 34.4 Å². The predicted octanol–water partition coefficient (Wildman–Crippen LogP) is -1.55. The number of aromatic nitrogens is 4. The number of imidazole rings is 1. The molecule has 0 saturated carbocycles. The number of epoxide rings is 1. The second-order valence-electron chi connectivity index (χ2n) is 12.5. The number of anilines is 1. The molecule has 0 bridgehead atoms. The van der Waals surface area contributed by atoms with Gasteiger partial charge in [0.25, 0.3) is 0 Å². The lowest BCUT2D eigenvalue weighted by Gasteiger charge is -2.30. The van der Waals surface area contributed by atoms with Gasteiger partial charge in [0, 0.05) is 30.7 Å². The molecule has 4 rings (SSSR count). The number of nitrogens with zero attached hydrogens (tertiary/aromatic N) is 4. The van der Waals surface area contributed by atoms with Gasteiger partial charge in [-0.05, 0) is 6.92 Å². The lowest BCUT2D eigenvalue weighted by Crippen LogP contribution is -2.46. The average Bonchev–Trinajstić information content (AvgIpc) is 3.52. The lowest BCUT2D eigenvalue weighted by molar-refractivity contribution is -0.137. The van der Waals surface area contributed by atoms with Crippen molar-refractivity contribution in [2.75, 3.05) is 37.8 Å². The Morgan fingerprint density at radius 3 is 2.37 bits per heavy atom. The molecule has 9 atom stereocenters. The molecule has 10 N–H and O–H groups in total. The van der Waals surface area contributed by atoms with Crippen LogP contribution >= 0.6 is 35.2 Å². The van der Waals surface area contributed by atoms with E-state index in [1.807, 2.05) is 0 Å². The van der Waals surface area contributed by atoms with Crippen molar-refractivity contribution in [1.29, 1.82) is 0 Å². The van der Waals surface area contributed by atoms with Crippen molar-refractivity contribution in [3.05, 3.63) is 12.7 Å². The van der Waals surface area contributed by atoms with Crippen LogP contribution in [0.5, 0.6) is 0 Å². The molecule has 2 aliphatic rings. The van der Waals surface area contributed by atoms with Gasteiger partial charge in [0.05, 0.1) is 25.6 Å². The molecule has 25 nitrogen and oxygen atoms in total. The first-order valence-corrected chi connectivity index (χ1v) is 21.2. The molecule has 2 fully saturated rings. The van der Waals surface area contributed by atoms with Crippen molar-refractivity contribution in [3.63, 3.8) is 0 Å². The zero-order valence-electron chi connectivity index (χ0n) is 28.6. The highest BCUT2D eigenvalue weighted by Crippen LogP contribution is 2.61. The molecule has 4 heterocycles. The van der Waals surface area contributed by atoms with Gasteiger partial charge >= 0.3 is 23.5 Å². The maximum absolute atomic E-state index is 12.6. The minimum atomic E-state index is -5.57. The van der Waals surface area contributed by atoms with E-state index in [9.17, 15) is 57.9 Å². The van der Waals surface area contributed by atoms with Crippen LogP contribution in [-0.2, 0) is 55.4 Å². The van der Waals surface area contributed by atoms with Crippen molar-refractivity contribution < 1.29 is 85.2 Å². The lowest BCUT2D eigenvalue weighted by atomic mass is 9.87. The van der Waals surface area contributed by atoms with Crippen LogP contribution in [0.25, 0.3) is 11.2 Å². The molecule has 2 aromatic rings. The third kappa shape index (κ3) is 12.3. The van der Waals surface area contributed by atoms with Gasteiger partial charge in [-0.25, -0.2) is 28.6 Å². The molecule has 2 aliphatic heterocycles. The predicted molar refractivity (Wildman–Crippen MR) is 181 cm³/mol. The summed E-state index contributed by atoms with van der Waals surface area (Å²) in [6.45, 7) is 2.23. The second-order valence-corrected chi connectivity index (χ2v) is 17.8. The van der Waals surface area contributed by atoms with E-state index in [1.54, 1.807) is 6.92 Å². The van der Waals surface area contributed by atoms with Crippen molar-refractivity contribution in [2.24, 2.45) is 5.41 Å². The Labute approximate surface area is 310 Å². The summed E-state index contributed by atoms with van der Waals surface area (Å²) in [6, 6.07) is 0. The number of fused-ring (bicyclic) bond motifs is 1. The molecule has 0 aromatic carbocycles. The summed E-state index contributed by atoms with van der Waals surface area (Å²) >= 11 is 1.02. The quantitative estimate of drug-likeness (QED) is 0.0414. The van der Waals surface area contributed by atoms with Gasteiger partial charge in [-0.15, -0.1) is 0 Å². The molecule has 29 heteroatoms. The Balaban J connectivity index is 1.24. The highest BCUT2D eigenvalue weighted by atomic mass is 32.2. The van der Waals surface area contributed by atoms with Crippen molar-refractivity contribution in [1.82, 2.24) is 30.2 Å². The standard InChI is InChI=1S/C25H40N7O18P3S/c1-12-17(47-12)24(37)54-7-6-27-14(33)4-5-28-22(36)19(35)25(2,3)9-46-53(43,44)50-52(41,42)45-8-13-18(49-51(38,39)40)16(34)23(48-13)32-11-31-15-20(26)29-10-30-21(15)32/h10-13,16-19,23,34-35H,4-9H2,1-3H3,(H,27,33)(H,28,36)(H,41,42)(H,43,44)(H2,26,29,30)(H2,38,39,40)/t12?,13-,16-,17?,18-,19?,23-/m1/s1. The number of aliphatic hydroxyl groups excluding tert-OH is 2. The maximum atomic E-state index is 12.6. The Kier molecular flexibility index (Phi) is 14.5. The van der Waals surface area contributed by atoms with Gasteiger partial charge in [0.15, 0.2) is 23.8 Å². The number of carbonyl (C=O) groups excluding carboxylic acids is 3. The number of phosphoric ester groups is 3. The van der Waals surface area contributed by atoms with E-state index >= 15 is 0 Å². The van der Waals surface area contributed by atoms with E-state index in [0.717, 1.165) is 29.0 Å². The van der Waals surface area contributed by atoms with Gasteiger partial charge in [0.2, 0.25) is 16.9 Å². The molecule has 2 aromatic heterocycles. The van der Waals surface area contributed by atoms with Crippen LogP contribution in [0.1, 0.15) is 33.4 Å². The third-order valence-corrected chi connectivity index (χ3v) is 11.7. The van der Waals surface area contributed by atoms with Crippen LogP contribution in [0, 0.1) is 5.41 Å². The van der Waals surface area contributed by atoms with Crippen LogP contribution in [0.2, 0.25) is 0 Å². The molecule has 54 heavy (non-hydrogen) atoms. The fourth-order valence-corrected chi connectivity index (χ4v) is 8.44. The van der Waals surface area contributed by atoms with Gasteiger partial charge in [-0.2, -0.15) is 4.31 Å². The monoisotopic (exact) mass is 851 g/mol. The molecule has 2 saturated heterocycles. The highest BCUT2D eigenvalue weighted by molar-refractivity contribution is 8.13. The molecule has 304 valence electrons. The number of ether oxygens (including phenoxy) is 2. The Morgan fingerprint density at radius 1 is 1.06 bits per heavy atom. The van der Waals surface area contributed by atoms with Crippen molar-refractivity contribution in [2.45, 2.75) is 70.0 Å². The number of carbonyl (C=O) groups is 3. The molecule has 2 amide bonds. The van der Waals surface area contributed by atoms with Crippen LogP contribution in [0.4, 0.5) is 5.82 Å². The summed E-state index contributed by atoms with van der Waals surface area (Å²) in [5.74, 6) is -1.15. The number of phosphoric acid groups is 3. The number of aliphatic hydroxyl groups is 2. The number of nitrogen functional groups attached to an aromatic ring is 1. The Bertz CT molecular complexity index is 1830. The number of hydrogen-bond donors (Lipinski definition) is 9. The van der Waals surface area contributed by atoms with E-state index in [4.69, 9.17) is 24.3 Å². The van der Waals surface area contributed by atoms with E-state index in [-0.39, 0.29) is 47.7 Å². The van der Waals surface area contributed by atoms with E-state index in [0.29, 0.717) is 5.75 Å². The smallest absolute Gasteiger partial charge is 0.386 e. The van der Waals surface area contributed by atoms with Gasteiger partial charge < -0.3 is 55.6 Å². The van der Waals surface area contributed by atoms with E-state index in [1.165, 1.54) is 13.8 Å². The van der Waals surface area contributed by atoms with Gasteiger partial charge in [-0.1, -0.05) is 25.6 Å². The number of thioether (sulfide) groups is 1. The summed E-state index contributed by atoms with van der Waals surface area (Å²) in [5.41, 5.74) is 4.25. The average molecular weight is 852 g/mol. The Morgan fingerprint density at radius 2 is 1.72 bits per heavy atom. The number of amides is 2. The van der Waals surface area contributed by atoms with Crippen LogP contribution in [0.15, 0.2) is 12.7 Å². The second kappa shape index (κ2) is 17.8. The molecular formula is C25H40N7O18P3S. The third-order valence-electron chi connectivity index (χ3n) is 7.69. The molecular weight excluding hydrogens is 811 g/mol. The Hall–Kier alpha value is -2.48. The van der Waals surface area contributed by atoms with Crippen LogP contribution < -0.4 is 16.4 Å². The summed E-state index contributed by atoms with van der Waals surface area (Å²) in [6.07, 6.45) is -7.47. The first kappa shape index (κ1) is 44.2. The highest BCUT2D eigenvalue weighted by Gasteiger charge is 2.50. The van der Waals surface area contributed by atoms with Crippen LogP contribution in [0.3, 0.4) is 0 Å². The normalized spacial score (nSPS) is 25.8. The number of rotatable bonds is 20. The fraction of sp³-hybridized carbons (Fsp3) is 0.680. The zero-order valence-corrected chi connectivity index (χ0v) is 32.1. The number of nitrogens with two attached hydrogens (primary N) is 1. The topological polar surface area (TPSA) is 376 Å². The van der Waals surface area contributed by atoms with Crippen molar-refractivity contribution >= 4 is 69.1 Å². The first-order valence-electron chi connectivity index (χ1n) is 15.7. The molecule has 0 aliphatic carbocycles. The number of hydrogen-bond acceptors (Lipinski definition) is 19. The summed E-state index contributed by atoms with van der Waals surface area (Å²) in [4.78, 5) is 87.1. The summed E-state index contributed by atoms with van der Waals surface area (Å²) in [5, 5.41) is 26.2. The van der Waals surface area contributed by atoms with Gasteiger partial charge in [0.1, 0.15) is 36.3 Å². The maximum Gasteiger partial charge on any atom is 0.481 e. The first-order chi connectivity index (χ1) is 25.0. The summed E-state index contributed by atoms with van der Waals surface area (Å²) in [7, 11) is -16.4. The number of nitrogens with one attached hydrogen (secondary N) is 2. The fourth-order valence-electron chi connectivity index (χ4n) is 4.80. The van der Waals surface area contributed by atoms with E-state index < -0.39 is 90.7 Å². The largest absolute Gasteiger partial charge is 0.481 e. The SMILES string of the molecule is CC1OC1C(=O)SCCNC(=O)CCNC(=O)C(O)C(C)(C)COP(=O)(O)OP(=O)(O)OC[C@H]1O[C@@H](n2cnc3c(N)ncnc32)[C@H](O)[C@@H]1OP(=O)(O)O.